The molecule has 0 radical (unpaired) electrons. The zero-order valence-corrected chi connectivity index (χ0v) is 19.8. The number of ether oxygens (including phenoxy) is 1. The van der Waals surface area contributed by atoms with Crippen LogP contribution in [0, 0.1) is 0 Å². The van der Waals surface area contributed by atoms with Crippen LogP contribution in [-0.2, 0) is 37.9 Å². The zero-order chi connectivity index (χ0) is 23.4. The topological polar surface area (TPSA) is 110 Å². The normalized spacial score (nSPS) is 12.1. The molecule has 32 heavy (non-hydrogen) atoms. The molecule has 0 saturated heterocycles. The monoisotopic (exact) mass is 494 g/mol. The van der Waals surface area contributed by atoms with Gasteiger partial charge in [-0.1, -0.05) is 24.3 Å². The van der Waals surface area contributed by atoms with Crippen LogP contribution in [0.3, 0.4) is 0 Å². The molecular weight excluding hydrogens is 472 g/mol. The number of hydrogen-bond acceptors (Lipinski definition) is 7. The Hall–Kier alpha value is -2.57. The minimum absolute atomic E-state index is 0.0532. The van der Waals surface area contributed by atoms with E-state index in [1.54, 1.807) is 12.1 Å². The van der Waals surface area contributed by atoms with E-state index in [9.17, 15) is 21.6 Å². The lowest BCUT2D eigenvalue weighted by Crippen LogP contribution is -2.23. The molecule has 0 atom stereocenters. The third-order valence-corrected chi connectivity index (χ3v) is 8.53. The number of rotatable bonds is 9. The molecule has 1 N–H and O–H groups in total. The van der Waals surface area contributed by atoms with Crippen LogP contribution in [-0.4, -0.2) is 41.2 Å². The van der Waals surface area contributed by atoms with Crippen LogP contribution in [0.2, 0.25) is 0 Å². The fourth-order valence-electron chi connectivity index (χ4n) is 2.69. The smallest absolute Gasteiger partial charge is 0.338 e. The zero-order valence-electron chi connectivity index (χ0n) is 17.4. The summed E-state index contributed by atoms with van der Waals surface area (Å²) in [4.78, 5) is 13.4. The predicted molar refractivity (Wildman–Crippen MR) is 121 cm³/mol. The van der Waals surface area contributed by atoms with Crippen molar-refractivity contribution in [3.63, 3.8) is 0 Å². The van der Waals surface area contributed by atoms with E-state index in [4.69, 9.17) is 4.74 Å². The van der Waals surface area contributed by atoms with Crippen molar-refractivity contribution < 1.29 is 26.4 Å². The molecule has 2 aromatic carbocycles. The fourth-order valence-corrected chi connectivity index (χ4v) is 5.45. The first-order chi connectivity index (χ1) is 15.1. The van der Waals surface area contributed by atoms with Gasteiger partial charge in [-0.25, -0.2) is 30.7 Å². The summed E-state index contributed by atoms with van der Waals surface area (Å²) in [6, 6.07) is 15.3. The van der Waals surface area contributed by atoms with Gasteiger partial charge in [0.1, 0.15) is 6.61 Å². The van der Waals surface area contributed by atoms with Gasteiger partial charge < -0.3 is 4.74 Å². The van der Waals surface area contributed by atoms with E-state index in [0.29, 0.717) is 5.56 Å². The molecule has 0 bridgehead atoms. The Morgan fingerprint density at radius 3 is 2.38 bits per heavy atom. The highest BCUT2D eigenvalue weighted by Crippen LogP contribution is 2.17. The van der Waals surface area contributed by atoms with Crippen molar-refractivity contribution in [2.45, 2.75) is 22.9 Å². The molecule has 0 unspecified atom stereocenters. The second-order valence-electron chi connectivity index (χ2n) is 6.94. The van der Waals surface area contributed by atoms with Crippen LogP contribution in [0.15, 0.2) is 75.8 Å². The van der Waals surface area contributed by atoms with E-state index in [2.05, 4.69) is 4.72 Å². The molecule has 1 aromatic heterocycles. The number of sulfonamides is 2. The Bertz CT molecular complexity index is 1300. The quantitative estimate of drug-likeness (QED) is 0.458. The van der Waals surface area contributed by atoms with Gasteiger partial charge in [-0.3, -0.25) is 0 Å². The average Bonchev–Trinajstić information content (AvgIpc) is 3.30. The van der Waals surface area contributed by atoms with Crippen LogP contribution in [0.5, 0.6) is 0 Å². The molecule has 0 saturated carbocycles. The number of carbonyl (C=O) groups excluding carboxylic acids is 1. The van der Waals surface area contributed by atoms with Crippen LogP contribution in [0.25, 0.3) is 0 Å². The second kappa shape index (κ2) is 9.92. The van der Waals surface area contributed by atoms with Gasteiger partial charge in [0.15, 0.2) is 0 Å². The maximum Gasteiger partial charge on any atom is 0.338 e. The number of carbonyl (C=O) groups is 1. The number of nitrogens with zero attached hydrogens (tertiary/aromatic N) is 1. The maximum absolute atomic E-state index is 12.5. The lowest BCUT2D eigenvalue weighted by molar-refractivity contribution is 0.0472. The van der Waals surface area contributed by atoms with Gasteiger partial charge in [0, 0.05) is 25.5 Å². The Kier molecular flexibility index (Phi) is 7.47. The van der Waals surface area contributed by atoms with E-state index in [1.165, 1.54) is 61.8 Å². The molecule has 0 aliphatic heterocycles. The molecule has 3 aromatic rings. The SMILES string of the molecule is CN(C)S(=O)(=O)c1cccc(COC(=O)c2cccc(S(=O)(=O)NCc3cccs3)c2)c1. The first-order valence-electron chi connectivity index (χ1n) is 9.40. The highest BCUT2D eigenvalue weighted by Gasteiger charge is 2.19. The summed E-state index contributed by atoms with van der Waals surface area (Å²) in [6.45, 7) is -0.00982. The second-order valence-corrected chi connectivity index (χ2v) is 11.9. The maximum atomic E-state index is 12.5. The van der Waals surface area contributed by atoms with Crippen molar-refractivity contribution >= 4 is 37.4 Å². The largest absolute Gasteiger partial charge is 0.457 e. The fraction of sp³-hybridized carbons (Fsp3) is 0.190. The number of thiophene rings is 1. The molecule has 0 amide bonds. The summed E-state index contributed by atoms with van der Waals surface area (Å²) in [5.41, 5.74) is 0.559. The Morgan fingerprint density at radius 1 is 0.969 bits per heavy atom. The van der Waals surface area contributed by atoms with Gasteiger partial charge in [-0.05, 0) is 47.3 Å². The Morgan fingerprint density at radius 2 is 1.69 bits per heavy atom. The van der Waals surface area contributed by atoms with Crippen LogP contribution in [0.1, 0.15) is 20.8 Å². The van der Waals surface area contributed by atoms with E-state index in [1.807, 2.05) is 17.5 Å². The standard InChI is InChI=1S/C21H22N2O6S3/c1-23(2)32(27,28)20-10-3-6-16(12-20)15-29-21(24)17-7-4-9-19(13-17)31(25,26)22-14-18-8-5-11-30-18/h3-13,22H,14-15H2,1-2H3. The number of benzene rings is 2. The third-order valence-electron chi connectivity index (χ3n) is 4.44. The first kappa shape index (κ1) is 24.1. The van der Waals surface area contributed by atoms with E-state index >= 15 is 0 Å². The van der Waals surface area contributed by atoms with Crippen molar-refractivity contribution in [3.05, 3.63) is 82.0 Å². The molecule has 11 heteroatoms. The lowest BCUT2D eigenvalue weighted by atomic mass is 10.2. The molecule has 0 spiro atoms. The van der Waals surface area contributed by atoms with Crippen LogP contribution in [0.4, 0.5) is 0 Å². The molecule has 1 heterocycles. The molecule has 0 aliphatic rings. The van der Waals surface area contributed by atoms with Crippen molar-refractivity contribution in [2.75, 3.05) is 14.1 Å². The molecular formula is C21H22N2O6S3. The van der Waals surface area contributed by atoms with Crippen molar-refractivity contribution in [3.8, 4) is 0 Å². The van der Waals surface area contributed by atoms with Gasteiger partial charge in [0.25, 0.3) is 0 Å². The summed E-state index contributed by atoms with van der Waals surface area (Å²) in [5, 5.41) is 1.85. The summed E-state index contributed by atoms with van der Waals surface area (Å²) < 4.78 is 58.5. The van der Waals surface area contributed by atoms with Gasteiger partial charge >= 0.3 is 5.97 Å². The highest BCUT2D eigenvalue weighted by molar-refractivity contribution is 7.89. The van der Waals surface area contributed by atoms with Gasteiger partial charge in [-0.15, -0.1) is 11.3 Å². The molecule has 3 rings (SSSR count). The van der Waals surface area contributed by atoms with Crippen molar-refractivity contribution in [1.29, 1.82) is 0 Å². The number of hydrogen-bond donors (Lipinski definition) is 1. The van der Waals surface area contributed by atoms with Gasteiger partial charge in [0.2, 0.25) is 20.0 Å². The van der Waals surface area contributed by atoms with Gasteiger partial charge in [-0.2, -0.15) is 0 Å². The summed E-state index contributed by atoms with van der Waals surface area (Å²) in [7, 11) is -4.57. The molecule has 170 valence electrons. The van der Waals surface area contributed by atoms with Crippen LogP contribution < -0.4 is 4.72 Å². The van der Waals surface area contributed by atoms with Crippen molar-refractivity contribution in [1.82, 2.24) is 9.03 Å². The van der Waals surface area contributed by atoms with E-state index in [0.717, 1.165) is 9.18 Å². The van der Waals surface area contributed by atoms with Crippen molar-refractivity contribution in [2.24, 2.45) is 0 Å². The molecule has 0 aliphatic carbocycles. The first-order valence-corrected chi connectivity index (χ1v) is 13.2. The summed E-state index contributed by atoms with van der Waals surface area (Å²) in [5.74, 6) is -0.721. The summed E-state index contributed by atoms with van der Waals surface area (Å²) >= 11 is 1.43. The number of nitrogens with one attached hydrogen (secondary N) is 1. The molecule has 0 fully saturated rings. The lowest BCUT2D eigenvalue weighted by Gasteiger charge is -2.12. The van der Waals surface area contributed by atoms with Gasteiger partial charge in [0.05, 0.1) is 15.4 Å². The molecule has 8 nitrogen and oxygen atoms in total. The average molecular weight is 495 g/mol. The summed E-state index contributed by atoms with van der Waals surface area (Å²) in [6.07, 6.45) is 0. The van der Waals surface area contributed by atoms with Crippen LogP contribution >= 0.6 is 11.3 Å². The van der Waals surface area contributed by atoms with E-state index in [-0.39, 0.29) is 28.5 Å². The number of esters is 1. The minimum Gasteiger partial charge on any atom is -0.457 e. The minimum atomic E-state index is -3.81. The highest BCUT2D eigenvalue weighted by atomic mass is 32.2. The Balaban J connectivity index is 1.69. The Labute approximate surface area is 191 Å². The third kappa shape index (κ3) is 5.81. The predicted octanol–water partition coefficient (Wildman–Crippen LogP) is 2.83. The van der Waals surface area contributed by atoms with E-state index < -0.39 is 26.0 Å².